The molecule has 0 aromatic heterocycles. The highest BCUT2D eigenvalue weighted by Gasteiger charge is 2.32. The predicted molar refractivity (Wildman–Crippen MR) is 112 cm³/mol. The Labute approximate surface area is 170 Å². The molecule has 28 heavy (non-hydrogen) atoms. The Morgan fingerprint density at radius 1 is 1.14 bits per heavy atom. The molecular formula is C22H34N2O3S. The van der Waals surface area contributed by atoms with Gasteiger partial charge in [-0.2, -0.15) is 4.31 Å². The fourth-order valence-electron chi connectivity index (χ4n) is 3.92. The molecule has 3 rings (SSSR count). The molecule has 1 saturated heterocycles. The van der Waals surface area contributed by atoms with E-state index in [1.54, 1.807) is 10.4 Å². The van der Waals surface area contributed by atoms with Crippen LogP contribution in [0.5, 0.6) is 0 Å². The second kappa shape index (κ2) is 8.54. The van der Waals surface area contributed by atoms with E-state index in [-0.39, 0.29) is 5.91 Å². The lowest BCUT2D eigenvalue weighted by Crippen LogP contribution is -2.38. The van der Waals surface area contributed by atoms with Gasteiger partial charge < -0.3 is 4.90 Å². The van der Waals surface area contributed by atoms with Gasteiger partial charge in [0, 0.05) is 31.7 Å². The van der Waals surface area contributed by atoms with Crippen LogP contribution in [0.4, 0.5) is 0 Å². The molecule has 2 fully saturated rings. The van der Waals surface area contributed by atoms with Gasteiger partial charge in [-0.1, -0.05) is 13.8 Å². The molecule has 0 spiro atoms. The van der Waals surface area contributed by atoms with E-state index in [0.29, 0.717) is 41.9 Å². The van der Waals surface area contributed by atoms with Gasteiger partial charge in [0.25, 0.3) is 5.91 Å². The van der Waals surface area contributed by atoms with Crippen molar-refractivity contribution >= 4 is 15.9 Å². The molecule has 156 valence electrons. The van der Waals surface area contributed by atoms with Gasteiger partial charge >= 0.3 is 0 Å². The lowest BCUT2D eigenvalue weighted by atomic mass is 10.0. The third kappa shape index (κ3) is 4.60. The highest BCUT2D eigenvalue weighted by Crippen LogP contribution is 2.31. The lowest BCUT2D eigenvalue weighted by molar-refractivity contribution is 0.0747. The van der Waals surface area contributed by atoms with Gasteiger partial charge in [-0.15, -0.1) is 0 Å². The number of carbonyl (C=O) groups excluding carboxylic acids is 1. The maximum atomic E-state index is 13.3. The highest BCUT2D eigenvalue weighted by atomic mass is 32.2. The Morgan fingerprint density at radius 3 is 2.36 bits per heavy atom. The van der Waals surface area contributed by atoms with Crippen LogP contribution in [0.25, 0.3) is 0 Å². The minimum Gasteiger partial charge on any atom is -0.338 e. The fraction of sp³-hybridized carbons (Fsp3) is 0.682. The highest BCUT2D eigenvalue weighted by molar-refractivity contribution is 7.89. The van der Waals surface area contributed by atoms with E-state index in [1.165, 1.54) is 12.8 Å². The Morgan fingerprint density at radius 2 is 1.79 bits per heavy atom. The molecular weight excluding hydrogens is 372 g/mol. The van der Waals surface area contributed by atoms with E-state index in [9.17, 15) is 13.2 Å². The zero-order chi connectivity index (χ0) is 20.5. The fourth-order valence-corrected chi connectivity index (χ4v) is 5.72. The van der Waals surface area contributed by atoms with E-state index < -0.39 is 10.0 Å². The van der Waals surface area contributed by atoms with Crippen molar-refractivity contribution in [2.24, 2.45) is 11.8 Å². The van der Waals surface area contributed by atoms with Crippen molar-refractivity contribution in [3.05, 3.63) is 28.8 Å². The molecule has 5 nitrogen and oxygen atoms in total. The molecule has 1 heterocycles. The first-order valence-electron chi connectivity index (χ1n) is 10.6. The first kappa shape index (κ1) is 21.3. The van der Waals surface area contributed by atoms with Crippen LogP contribution in [0.3, 0.4) is 0 Å². The number of aryl methyl sites for hydroxylation is 1. The lowest BCUT2D eigenvalue weighted by Gasteiger charge is -2.30. The molecule has 2 aliphatic rings. The largest absolute Gasteiger partial charge is 0.338 e. The van der Waals surface area contributed by atoms with Gasteiger partial charge in [0.05, 0.1) is 4.90 Å². The summed E-state index contributed by atoms with van der Waals surface area (Å²) >= 11 is 0. The Hall–Kier alpha value is -1.40. The third-order valence-electron chi connectivity index (χ3n) is 6.18. The minimum atomic E-state index is -3.58. The van der Waals surface area contributed by atoms with E-state index in [1.807, 2.05) is 24.8 Å². The van der Waals surface area contributed by atoms with Gasteiger partial charge in [-0.25, -0.2) is 8.42 Å². The molecule has 1 aromatic rings. The van der Waals surface area contributed by atoms with Crippen molar-refractivity contribution in [2.45, 2.75) is 64.7 Å². The zero-order valence-electron chi connectivity index (χ0n) is 17.7. The number of sulfonamides is 1. The normalized spacial score (nSPS) is 19.0. The van der Waals surface area contributed by atoms with Crippen molar-refractivity contribution in [3.63, 3.8) is 0 Å². The molecule has 1 aliphatic carbocycles. The maximum absolute atomic E-state index is 13.3. The molecule has 1 saturated carbocycles. The first-order chi connectivity index (χ1) is 13.2. The Balaban J connectivity index is 1.92. The van der Waals surface area contributed by atoms with E-state index >= 15 is 0 Å². The van der Waals surface area contributed by atoms with Crippen LogP contribution in [0.15, 0.2) is 17.0 Å². The number of hydrogen-bond donors (Lipinski definition) is 0. The van der Waals surface area contributed by atoms with Crippen LogP contribution < -0.4 is 0 Å². The summed E-state index contributed by atoms with van der Waals surface area (Å²) in [6, 6.07) is 3.47. The maximum Gasteiger partial charge on any atom is 0.253 e. The van der Waals surface area contributed by atoms with Crippen molar-refractivity contribution in [1.82, 2.24) is 9.21 Å². The second-order valence-corrected chi connectivity index (χ2v) is 10.6. The molecule has 0 radical (unpaired) electrons. The number of amides is 1. The molecule has 1 aliphatic heterocycles. The monoisotopic (exact) mass is 406 g/mol. The van der Waals surface area contributed by atoms with Crippen LogP contribution in [0.2, 0.25) is 0 Å². The van der Waals surface area contributed by atoms with Crippen LogP contribution in [-0.2, 0) is 10.0 Å². The Bertz CT molecular complexity index is 822. The molecule has 1 amide bonds. The number of hydrogen-bond acceptors (Lipinski definition) is 3. The molecule has 0 N–H and O–H groups in total. The SMILES string of the molecule is CCCN(CC1CC1)C(=O)c1cc(C)c(C)c(S(=O)(=O)N2CCC(C)CC2)c1. The average Bonchev–Trinajstić information content (AvgIpc) is 3.47. The molecule has 0 atom stereocenters. The number of rotatable bonds is 7. The summed E-state index contributed by atoms with van der Waals surface area (Å²) in [5, 5.41) is 0. The summed E-state index contributed by atoms with van der Waals surface area (Å²) in [7, 11) is -3.58. The van der Waals surface area contributed by atoms with Crippen LogP contribution in [0.1, 0.15) is 67.4 Å². The minimum absolute atomic E-state index is 0.0411. The summed E-state index contributed by atoms with van der Waals surface area (Å²) in [4.78, 5) is 15.4. The van der Waals surface area contributed by atoms with Crippen LogP contribution in [0, 0.1) is 25.7 Å². The quantitative estimate of drug-likeness (QED) is 0.688. The topological polar surface area (TPSA) is 57.7 Å². The predicted octanol–water partition coefficient (Wildman–Crippen LogP) is 3.99. The van der Waals surface area contributed by atoms with Crippen molar-refractivity contribution in [2.75, 3.05) is 26.2 Å². The third-order valence-corrected chi connectivity index (χ3v) is 8.21. The Kier molecular flexibility index (Phi) is 6.50. The van der Waals surface area contributed by atoms with Gasteiger partial charge in [-0.3, -0.25) is 4.79 Å². The number of nitrogens with zero attached hydrogens (tertiary/aromatic N) is 2. The molecule has 0 bridgehead atoms. The van der Waals surface area contributed by atoms with Gasteiger partial charge in [-0.05, 0) is 81.0 Å². The summed E-state index contributed by atoms with van der Waals surface area (Å²) in [5.41, 5.74) is 2.11. The number of benzene rings is 1. The zero-order valence-corrected chi connectivity index (χ0v) is 18.5. The summed E-state index contributed by atoms with van der Waals surface area (Å²) in [5.74, 6) is 1.13. The smallest absolute Gasteiger partial charge is 0.253 e. The second-order valence-electron chi connectivity index (χ2n) is 8.70. The average molecular weight is 407 g/mol. The molecule has 0 unspecified atom stereocenters. The van der Waals surface area contributed by atoms with E-state index in [2.05, 4.69) is 13.8 Å². The molecule has 6 heteroatoms. The van der Waals surface area contributed by atoms with Crippen LogP contribution >= 0.6 is 0 Å². The standard InChI is InChI=1S/C22H34N2O3S/c1-5-10-23(15-19-6-7-19)22(25)20-13-17(3)18(4)21(14-20)28(26,27)24-11-8-16(2)9-12-24/h13-14,16,19H,5-12,15H2,1-4H3. The van der Waals surface area contributed by atoms with Gasteiger partial charge in [0.1, 0.15) is 0 Å². The molecule has 1 aromatic carbocycles. The van der Waals surface area contributed by atoms with E-state index in [4.69, 9.17) is 0 Å². The summed E-state index contributed by atoms with van der Waals surface area (Å²) < 4.78 is 28.2. The number of piperidine rings is 1. The number of carbonyl (C=O) groups is 1. The van der Waals surface area contributed by atoms with Crippen molar-refractivity contribution in [3.8, 4) is 0 Å². The first-order valence-corrected chi connectivity index (χ1v) is 12.1. The van der Waals surface area contributed by atoms with Gasteiger partial charge in [0.2, 0.25) is 10.0 Å². The summed E-state index contributed by atoms with van der Waals surface area (Å²) in [6.07, 6.45) is 5.06. The van der Waals surface area contributed by atoms with E-state index in [0.717, 1.165) is 36.9 Å². The van der Waals surface area contributed by atoms with Crippen molar-refractivity contribution in [1.29, 1.82) is 0 Å². The summed E-state index contributed by atoms with van der Waals surface area (Å²) in [6.45, 7) is 10.6. The van der Waals surface area contributed by atoms with Crippen molar-refractivity contribution < 1.29 is 13.2 Å². The van der Waals surface area contributed by atoms with Gasteiger partial charge in [0.15, 0.2) is 0 Å². The van der Waals surface area contributed by atoms with Crippen LogP contribution in [-0.4, -0.2) is 49.7 Å².